The van der Waals surface area contributed by atoms with Crippen molar-refractivity contribution < 1.29 is 14.0 Å². The number of carbonyl (C=O) groups is 2. The summed E-state index contributed by atoms with van der Waals surface area (Å²) in [6.45, 7) is -0.208. The van der Waals surface area contributed by atoms with E-state index in [9.17, 15) is 14.0 Å². The maximum atomic E-state index is 12.8. The van der Waals surface area contributed by atoms with Crippen molar-refractivity contribution in [1.82, 2.24) is 5.32 Å². The molecule has 3 rings (SSSR count). The van der Waals surface area contributed by atoms with Gasteiger partial charge in [0.25, 0.3) is 5.91 Å². The normalized spacial score (nSPS) is 10.6. The number of hydrogen-bond donors (Lipinski definition) is 2. The Balaban J connectivity index is 1.63. The smallest absolute Gasteiger partial charge is 0.263 e. The molecule has 0 spiro atoms. The first-order valence-electron chi connectivity index (χ1n) is 7.05. The molecule has 2 N–H and O–H groups in total. The zero-order chi connectivity index (χ0) is 17.1. The molecule has 2 amide bonds. The van der Waals surface area contributed by atoms with Crippen molar-refractivity contribution in [2.75, 3.05) is 11.9 Å². The Kier molecular flexibility index (Phi) is 4.78. The molecule has 0 saturated heterocycles. The summed E-state index contributed by atoms with van der Waals surface area (Å²) < 4.78 is 13.7. The minimum Gasteiger partial charge on any atom is -0.342 e. The van der Waals surface area contributed by atoms with Crippen molar-refractivity contribution >= 4 is 50.5 Å². The molecule has 0 aliphatic carbocycles. The molecular weight excluding hydrogens is 351 g/mol. The monoisotopic (exact) mass is 362 g/mol. The third kappa shape index (κ3) is 3.55. The zero-order valence-corrected chi connectivity index (χ0v) is 13.9. The number of anilines is 1. The zero-order valence-electron chi connectivity index (χ0n) is 12.3. The van der Waals surface area contributed by atoms with Gasteiger partial charge in [-0.25, -0.2) is 4.39 Å². The first-order chi connectivity index (χ1) is 11.5. The second-order valence-electron chi connectivity index (χ2n) is 4.98. The molecule has 0 atom stereocenters. The number of benzene rings is 2. The number of rotatable bonds is 4. The molecule has 0 saturated carbocycles. The van der Waals surface area contributed by atoms with Gasteiger partial charge >= 0.3 is 0 Å². The molecule has 0 aliphatic rings. The Bertz CT molecular complexity index is 909. The summed E-state index contributed by atoms with van der Waals surface area (Å²) in [6, 6.07) is 12.8. The highest BCUT2D eigenvalue weighted by Crippen LogP contribution is 2.34. The van der Waals surface area contributed by atoms with E-state index in [1.165, 1.54) is 35.6 Å². The lowest BCUT2D eigenvalue weighted by molar-refractivity contribution is -0.115. The Labute approximate surface area is 146 Å². The van der Waals surface area contributed by atoms with Gasteiger partial charge in [0, 0.05) is 15.8 Å². The van der Waals surface area contributed by atoms with Crippen molar-refractivity contribution in [1.29, 1.82) is 0 Å². The quantitative estimate of drug-likeness (QED) is 0.735. The van der Waals surface area contributed by atoms with E-state index in [2.05, 4.69) is 10.6 Å². The second kappa shape index (κ2) is 6.98. The van der Waals surface area contributed by atoms with Crippen molar-refractivity contribution in [2.45, 2.75) is 0 Å². The number of nitrogens with one attached hydrogen (secondary N) is 2. The van der Waals surface area contributed by atoms with Gasteiger partial charge in [-0.05, 0) is 30.3 Å². The maximum absolute atomic E-state index is 12.8. The first kappa shape index (κ1) is 16.4. The summed E-state index contributed by atoms with van der Waals surface area (Å²) in [5.74, 6) is -1.21. The third-order valence-electron chi connectivity index (χ3n) is 3.28. The van der Waals surface area contributed by atoms with Crippen LogP contribution in [-0.4, -0.2) is 18.4 Å². The number of halogens is 2. The summed E-state index contributed by atoms with van der Waals surface area (Å²) in [7, 11) is 0. The summed E-state index contributed by atoms with van der Waals surface area (Å²) in [5.41, 5.74) is 0.454. The summed E-state index contributed by atoms with van der Waals surface area (Å²) in [6.07, 6.45) is 0. The third-order valence-corrected chi connectivity index (χ3v) is 4.95. The van der Waals surface area contributed by atoms with Gasteiger partial charge < -0.3 is 10.6 Å². The molecule has 0 bridgehead atoms. The lowest BCUT2D eigenvalue weighted by atomic mass is 10.2. The van der Waals surface area contributed by atoms with Crippen LogP contribution in [0.3, 0.4) is 0 Å². The fraction of sp³-hybridized carbons (Fsp3) is 0.0588. The molecule has 0 aliphatic heterocycles. The fourth-order valence-corrected chi connectivity index (χ4v) is 3.57. The topological polar surface area (TPSA) is 58.2 Å². The van der Waals surface area contributed by atoms with Gasteiger partial charge in [0.2, 0.25) is 5.91 Å². The van der Waals surface area contributed by atoms with E-state index in [0.29, 0.717) is 15.6 Å². The van der Waals surface area contributed by atoms with E-state index in [1.807, 2.05) is 24.3 Å². The maximum Gasteiger partial charge on any atom is 0.263 e. The molecular formula is C17H12ClFN2O2S. The van der Waals surface area contributed by atoms with Gasteiger partial charge in [-0.3, -0.25) is 9.59 Å². The van der Waals surface area contributed by atoms with Crippen LogP contribution < -0.4 is 10.6 Å². The predicted molar refractivity (Wildman–Crippen MR) is 94.2 cm³/mol. The Morgan fingerprint density at radius 1 is 1.08 bits per heavy atom. The van der Waals surface area contributed by atoms with Crippen LogP contribution in [0.2, 0.25) is 5.02 Å². The molecule has 1 aromatic heterocycles. The predicted octanol–water partition coefficient (Wildman–Crippen LogP) is 4.06. The van der Waals surface area contributed by atoms with Crippen molar-refractivity contribution in [3.05, 3.63) is 64.2 Å². The summed E-state index contributed by atoms with van der Waals surface area (Å²) in [4.78, 5) is 24.4. The molecule has 7 heteroatoms. The molecule has 0 radical (unpaired) electrons. The van der Waals surface area contributed by atoms with E-state index in [0.717, 1.165) is 10.1 Å². The average Bonchev–Trinajstić information content (AvgIpc) is 2.92. The molecule has 2 aromatic carbocycles. The van der Waals surface area contributed by atoms with Crippen molar-refractivity contribution in [3.8, 4) is 0 Å². The minimum absolute atomic E-state index is 0.208. The van der Waals surface area contributed by atoms with Crippen LogP contribution in [0, 0.1) is 5.82 Å². The van der Waals surface area contributed by atoms with E-state index < -0.39 is 11.8 Å². The van der Waals surface area contributed by atoms with Gasteiger partial charge in [0.05, 0.1) is 11.6 Å². The van der Waals surface area contributed by atoms with Crippen molar-refractivity contribution in [3.63, 3.8) is 0 Å². The molecule has 4 nitrogen and oxygen atoms in total. The van der Waals surface area contributed by atoms with Gasteiger partial charge in [-0.1, -0.05) is 29.8 Å². The fourth-order valence-electron chi connectivity index (χ4n) is 2.14. The highest BCUT2D eigenvalue weighted by atomic mass is 35.5. The molecule has 1 heterocycles. The highest BCUT2D eigenvalue weighted by molar-refractivity contribution is 7.21. The van der Waals surface area contributed by atoms with Crippen molar-refractivity contribution in [2.24, 2.45) is 0 Å². The van der Waals surface area contributed by atoms with E-state index >= 15 is 0 Å². The Morgan fingerprint density at radius 2 is 1.79 bits per heavy atom. The van der Waals surface area contributed by atoms with Crippen LogP contribution in [-0.2, 0) is 4.79 Å². The molecule has 0 unspecified atom stereocenters. The number of hydrogen-bond acceptors (Lipinski definition) is 3. The van der Waals surface area contributed by atoms with E-state index in [4.69, 9.17) is 11.6 Å². The van der Waals surface area contributed by atoms with Crippen LogP contribution in [0.1, 0.15) is 9.67 Å². The number of carbonyl (C=O) groups excluding carboxylic acids is 2. The van der Waals surface area contributed by atoms with Crippen LogP contribution >= 0.6 is 22.9 Å². The lowest BCUT2D eigenvalue weighted by Gasteiger charge is -2.06. The SMILES string of the molecule is O=C(CNC(=O)c1sc2ccccc2c1Cl)Nc1ccc(F)cc1. The average molecular weight is 363 g/mol. The summed E-state index contributed by atoms with van der Waals surface area (Å²) in [5, 5.41) is 6.29. The number of fused-ring (bicyclic) bond motifs is 1. The molecule has 0 fully saturated rings. The summed E-state index contributed by atoms with van der Waals surface area (Å²) >= 11 is 7.50. The van der Waals surface area contributed by atoms with Crippen LogP contribution in [0.4, 0.5) is 10.1 Å². The van der Waals surface area contributed by atoms with Gasteiger partial charge in [0.15, 0.2) is 0 Å². The minimum atomic E-state index is -0.410. The number of amides is 2. The van der Waals surface area contributed by atoms with Gasteiger partial charge in [-0.15, -0.1) is 11.3 Å². The largest absolute Gasteiger partial charge is 0.342 e. The second-order valence-corrected chi connectivity index (χ2v) is 6.41. The first-order valence-corrected chi connectivity index (χ1v) is 8.24. The van der Waals surface area contributed by atoms with Crippen LogP contribution in [0.5, 0.6) is 0 Å². The lowest BCUT2D eigenvalue weighted by Crippen LogP contribution is -2.32. The Morgan fingerprint density at radius 3 is 2.50 bits per heavy atom. The molecule has 122 valence electrons. The molecule has 3 aromatic rings. The standard InChI is InChI=1S/C17H12ClFN2O2S/c18-15-12-3-1-2-4-13(12)24-16(15)17(23)20-9-14(22)21-11-7-5-10(19)6-8-11/h1-8H,9H2,(H,20,23)(H,21,22). The van der Waals surface area contributed by atoms with E-state index in [-0.39, 0.29) is 12.4 Å². The molecule has 24 heavy (non-hydrogen) atoms. The number of thiophene rings is 1. The van der Waals surface area contributed by atoms with Crippen LogP contribution in [0.15, 0.2) is 48.5 Å². The van der Waals surface area contributed by atoms with E-state index in [1.54, 1.807) is 0 Å². The Hall–Kier alpha value is -2.44. The van der Waals surface area contributed by atoms with Crippen LogP contribution in [0.25, 0.3) is 10.1 Å². The van der Waals surface area contributed by atoms with Gasteiger partial charge in [-0.2, -0.15) is 0 Å². The highest BCUT2D eigenvalue weighted by Gasteiger charge is 2.17. The van der Waals surface area contributed by atoms with Gasteiger partial charge in [0.1, 0.15) is 10.7 Å².